The van der Waals surface area contributed by atoms with Crippen LogP contribution in [0.15, 0.2) is 36.5 Å². The summed E-state index contributed by atoms with van der Waals surface area (Å²) in [4.78, 5) is 15.8. The molecule has 1 heterocycles. The predicted octanol–water partition coefficient (Wildman–Crippen LogP) is 2.85. The highest BCUT2D eigenvalue weighted by molar-refractivity contribution is 5.90. The number of nitrogens with two attached hydrogens (primary N) is 1. The lowest BCUT2D eigenvalue weighted by Crippen LogP contribution is -2.12. The number of anilines is 2. The highest BCUT2D eigenvalue weighted by Gasteiger charge is 2.05. The first-order valence-electron chi connectivity index (χ1n) is 6.62. The van der Waals surface area contributed by atoms with Crippen LogP contribution in [0.2, 0.25) is 0 Å². The van der Waals surface area contributed by atoms with Crippen molar-refractivity contribution in [3.05, 3.63) is 53.2 Å². The summed E-state index contributed by atoms with van der Waals surface area (Å²) in [5.74, 6) is 0.426. The molecule has 104 valence electrons. The molecule has 0 saturated heterocycles. The predicted molar refractivity (Wildman–Crippen MR) is 81.5 cm³/mol. The van der Waals surface area contributed by atoms with Gasteiger partial charge in [-0.15, -0.1) is 0 Å². The van der Waals surface area contributed by atoms with Crippen molar-refractivity contribution in [3.63, 3.8) is 0 Å². The van der Waals surface area contributed by atoms with Gasteiger partial charge in [-0.05, 0) is 43.5 Å². The molecular formula is C16H19N3O. The SMILES string of the molecule is Cc1ccc(CCC(=O)Nc2ccc(N)nc2)c(C)c1. The largest absolute Gasteiger partial charge is 0.384 e. The number of nitrogens with one attached hydrogen (secondary N) is 1. The molecule has 0 aliphatic heterocycles. The first kappa shape index (κ1) is 14.1. The molecule has 4 nitrogen and oxygen atoms in total. The Morgan fingerprint density at radius 2 is 2.05 bits per heavy atom. The van der Waals surface area contributed by atoms with Crippen LogP contribution in [0.4, 0.5) is 11.5 Å². The maximum Gasteiger partial charge on any atom is 0.224 e. The fourth-order valence-electron chi connectivity index (χ4n) is 2.08. The minimum atomic E-state index is -0.0171. The molecule has 0 aliphatic carbocycles. The summed E-state index contributed by atoms with van der Waals surface area (Å²) in [5.41, 5.74) is 9.85. The van der Waals surface area contributed by atoms with Crippen molar-refractivity contribution >= 4 is 17.4 Å². The van der Waals surface area contributed by atoms with Crippen molar-refractivity contribution in [2.45, 2.75) is 26.7 Å². The van der Waals surface area contributed by atoms with E-state index in [9.17, 15) is 4.79 Å². The van der Waals surface area contributed by atoms with Crippen LogP contribution in [-0.4, -0.2) is 10.9 Å². The molecule has 2 rings (SSSR count). The number of carbonyl (C=O) groups excluding carboxylic acids is 1. The van der Waals surface area contributed by atoms with E-state index in [2.05, 4.69) is 42.3 Å². The molecule has 20 heavy (non-hydrogen) atoms. The second-order valence-corrected chi connectivity index (χ2v) is 4.95. The topological polar surface area (TPSA) is 68.0 Å². The maximum atomic E-state index is 11.9. The number of aromatic nitrogens is 1. The number of rotatable bonds is 4. The monoisotopic (exact) mass is 269 g/mol. The third-order valence-corrected chi connectivity index (χ3v) is 3.19. The van der Waals surface area contributed by atoms with Gasteiger partial charge < -0.3 is 11.1 Å². The quantitative estimate of drug-likeness (QED) is 0.896. The molecule has 0 bridgehead atoms. The van der Waals surface area contributed by atoms with Crippen LogP contribution in [0.3, 0.4) is 0 Å². The van der Waals surface area contributed by atoms with Gasteiger partial charge in [0.05, 0.1) is 11.9 Å². The summed E-state index contributed by atoms with van der Waals surface area (Å²) in [5, 5.41) is 2.81. The van der Waals surface area contributed by atoms with Gasteiger partial charge in [-0.3, -0.25) is 4.79 Å². The molecule has 4 heteroatoms. The summed E-state index contributed by atoms with van der Waals surface area (Å²) in [6.45, 7) is 4.14. The first-order valence-corrected chi connectivity index (χ1v) is 6.62. The molecule has 1 aromatic carbocycles. The van der Waals surface area contributed by atoms with Gasteiger partial charge in [0.2, 0.25) is 5.91 Å². The molecule has 0 unspecified atom stereocenters. The van der Waals surface area contributed by atoms with E-state index in [-0.39, 0.29) is 5.91 Å². The van der Waals surface area contributed by atoms with Crippen molar-refractivity contribution in [1.29, 1.82) is 0 Å². The fourth-order valence-corrected chi connectivity index (χ4v) is 2.08. The van der Waals surface area contributed by atoms with E-state index < -0.39 is 0 Å². The van der Waals surface area contributed by atoms with E-state index in [0.29, 0.717) is 17.9 Å². The van der Waals surface area contributed by atoms with Gasteiger partial charge in [-0.2, -0.15) is 0 Å². The molecule has 0 aliphatic rings. The van der Waals surface area contributed by atoms with E-state index in [1.807, 2.05) is 0 Å². The average Bonchev–Trinajstić information content (AvgIpc) is 2.40. The lowest BCUT2D eigenvalue weighted by Gasteiger charge is -2.08. The van der Waals surface area contributed by atoms with Crippen LogP contribution in [0, 0.1) is 13.8 Å². The van der Waals surface area contributed by atoms with Crippen molar-refractivity contribution in [3.8, 4) is 0 Å². The summed E-state index contributed by atoms with van der Waals surface area (Å²) in [6.07, 6.45) is 2.75. The highest BCUT2D eigenvalue weighted by Crippen LogP contribution is 2.13. The van der Waals surface area contributed by atoms with Crippen LogP contribution in [0.1, 0.15) is 23.1 Å². The molecule has 3 N–H and O–H groups in total. The van der Waals surface area contributed by atoms with Crippen molar-refractivity contribution in [2.24, 2.45) is 0 Å². The smallest absolute Gasteiger partial charge is 0.224 e. The summed E-state index contributed by atoms with van der Waals surface area (Å²) < 4.78 is 0. The number of benzene rings is 1. The van der Waals surface area contributed by atoms with Crippen LogP contribution in [0.5, 0.6) is 0 Å². The summed E-state index contributed by atoms with van der Waals surface area (Å²) in [6, 6.07) is 9.71. The van der Waals surface area contributed by atoms with Gasteiger partial charge in [-0.25, -0.2) is 4.98 Å². The number of nitrogens with zero attached hydrogens (tertiary/aromatic N) is 1. The molecule has 0 fully saturated rings. The molecule has 0 radical (unpaired) electrons. The third kappa shape index (κ3) is 3.82. The Labute approximate surface area is 119 Å². The number of carbonyl (C=O) groups is 1. The average molecular weight is 269 g/mol. The molecule has 0 atom stereocenters. The fraction of sp³-hybridized carbons (Fsp3) is 0.250. The number of pyridine rings is 1. The van der Waals surface area contributed by atoms with E-state index >= 15 is 0 Å². The van der Waals surface area contributed by atoms with Crippen molar-refractivity contribution in [2.75, 3.05) is 11.1 Å². The molecule has 1 aromatic heterocycles. The number of hydrogen-bond donors (Lipinski definition) is 2. The minimum absolute atomic E-state index is 0.0171. The Morgan fingerprint density at radius 3 is 2.70 bits per heavy atom. The number of amides is 1. The second kappa shape index (κ2) is 6.19. The number of nitrogen functional groups attached to an aromatic ring is 1. The van der Waals surface area contributed by atoms with Crippen molar-refractivity contribution < 1.29 is 4.79 Å². The normalized spacial score (nSPS) is 10.3. The number of aryl methyl sites for hydroxylation is 3. The maximum absolute atomic E-state index is 11.9. The summed E-state index contributed by atoms with van der Waals surface area (Å²) in [7, 11) is 0. The zero-order valence-electron chi connectivity index (χ0n) is 11.8. The summed E-state index contributed by atoms with van der Waals surface area (Å²) >= 11 is 0. The molecule has 0 spiro atoms. The molecular weight excluding hydrogens is 250 g/mol. The Morgan fingerprint density at radius 1 is 1.25 bits per heavy atom. The Kier molecular flexibility index (Phi) is 4.35. The Hall–Kier alpha value is -2.36. The van der Waals surface area contributed by atoms with Crippen LogP contribution < -0.4 is 11.1 Å². The molecule has 0 saturated carbocycles. The van der Waals surface area contributed by atoms with E-state index in [1.54, 1.807) is 18.3 Å². The second-order valence-electron chi connectivity index (χ2n) is 4.95. The standard InChI is InChI=1S/C16H19N3O/c1-11-3-4-13(12(2)9-11)5-8-16(20)19-14-6-7-15(17)18-10-14/h3-4,6-7,9-10H,5,8H2,1-2H3,(H2,17,18)(H,19,20). The van der Waals surface area contributed by atoms with Gasteiger partial charge in [0, 0.05) is 6.42 Å². The van der Waals surface area contributed by atoms with Gasteiger partial charge in [0.25, 0.3) is 0 Å². The van der Waals surface area contributed by atoms with Crippen molar-refractivity contribution in [1.82, 2.24) is 4.98 Å². The minimum Gasteiger partial charge on any atom is -0.384 e. The number of hydrogen-bond acceptors (Lipinski definition) is 3. The molecule has 1 amide bonds. The van der Waals surface area contributed by atoms with Gasteiger partial charge in [0.1, 0.15) is 5.82 Å². The van der Waals surface area contributed by atoms with E-state index in [0.717, 1.165) is 6.42 Å². The lowest BCUT2D eigenvalue weighted by atomic mass is 10.0. The van der Waals surface area contributed by atoms with Crippen LogP contribution >= 0.6 is 0 Å². The zero-order valence-corrected chi connectivity index (χ0v) is 11.8. The van der Waals surface area contributed by atoms with Crippen LogP contribution in [-0.2, 0) is 11.2 Å². The van der Waals surface area contributed by atoms with Gasteiger partial charge >= 0.3 is 0 Å². The Balaban J connectivity index is 1.90. The van der Waals surface area contributed by atoms with Crippen LogP contribution in [0.25, 0.3) is 0 Å². The Bertz CT molecular complexity index is 606. The third-order valence-electron chi connectivity index (χ3n) is 3.19. The van der Waals surface area contributed by atoms with E-state index in [4.69, 9.17) is 5.73 Å². The van der Waals surface area contributed by atoms with Gasteiger partial charge in [-0.1, -0.05) is 23.8 Å². The lowest BCUT2D eigenvalue weighted by molar-refractivity contribution is -0.116. The van der Waals surface area contributed by atoms with Gasteiger partial charge in [0.15, 0.2) is 0 Å². The zero-order chi connectivity index (χ0) is 14.5. The highest BCUT2D eigenvalue weighted by atomic mass is 16.1. The van der Waals surface area contributed by atoms with E-state index in [1.165, 1.54) is 16.7 Å². The molecule has 2 aromatic rings. The first-order chi connectivity index (χ1) is 9.54.